The van der Waals surface area contributed by atoms with Gasteiger partial charge in [0, 0.05) is 34.1 Å². The second-order valence-electron chi connectivity index (χ2n) is 5.60. The molecule has 0 atom stereocenters. The van der Waals surface area contributed by atoms with Crippen molar-refractivity contribution in [1.29, 1.82) is 0 Å². The average molecular weight is 388 g/mol. The quantitative estimate of drug-likeness (QED) is 0.471. The Morgan fingerprint density at radius 2 is 2.08 bits per heavy atom. The van der Waals surface area contributed by atoms with Gasteiger partial charge in [0.15, 0.2) is 0 Å². The Labute approximate surface area is 160 Å². The lowest BCUT2D eigenvalue weighted by Gasteiger charge is -2.13. The van der Waals surface area contributed by atoms with E-state index in [-0.39, 0.29) is 11.7 Å². The normalized spacial score (nSPS) is 10.7. The molecule has 7 heteroatoms. The fourth-order valence-electron chi connectivity index (χ4n) is 2.50. The maximum absolute atomic E-state index is 11.0. The van der Waals surface area contributed by atoms with Crippen molar-refractivity contribution in [2.75, 3.05) is 18.2 Å². The van der Waals surface area contributed by atoms with E-state index in [9.17, 15) is 4.79 Å². The molecule has 0 aliphatic heterocycles. The number of primary amides is 1. The molecule has 0 saturated heterocycles. The van der Waals surface area contributed by atoms with Crippen LogP contribution in [-0.4, -0.2) is 23.8 Å². The number of carbonyl (C=O) groups excluding carboxylic acids is 1. The van der Waals surface area contributed by atoms with Crippen LogP contribution < -0.4 is 15.8 Å². The summed E-state index contributed by atoms with van der Waals surface area (Å²) in [6, 6.07) is 15.5. The Balaban J connectivity index is 1.79. The minimum Gasteiger partial charge on any atom is -0.497 e. The number of ether oxygens (including phenoxy) is 1. The first-order valence-corrected chi connectivity index (χ1v) is 9.30. The van der Waals surface area contributed by atoms with Crippen molar-refractivity contribution in [3.05, 3.63) is 59.2 Å². The minimum absolute atomic E-state index is 0.235. The third kappa shape index (κ3) is 4.39. The van der Waals surface area contributed by atoms with Crippen LogP contribution in [0, 0.1) is 0 Å². The third-order valence-electron chi connectivity index (χ3n) is 3.78. The largest absolute Gasteiger partial charge is 0.497 e. The number of nitrogens with two attached hydrogens (primary N) is 1. The summed E-state index contributed by atoms with van der Waals surface area (Å²) in [4.78, 5) is 16.4. The molecule has 0 bridgehead atoms. The Kier molecular flexibility index (Phi) is 5.85. The molecule has 3 rings (SSSR count). The molecule has 1 aromatic heterocycles. The lowest BCUT2D eigenvalue weighted by molar-refractivity contribution is -0.115. The summed E-state index contributed by atoms with van der Waals surface area (Å²) in [6.07, 6.45) is 0. The predicted octanol–water partition coefficient (Wildman–Crippen LogP) is 4.09. The van der Waals surface area contributed by atoms with E-state index in [1.807, 2.05) is 48.5 Å². The number of nitrogens with zero attached hydrogens (tertiary/aromatic N) is 1. The Hall–Kier alpha value is -2.44. The number of hydrogen-bond donors (Lipinski definition) is 2. The van der Waals surface area contributed by atoms with Gasteiger partial charge in [-0.2, -0.15) is 0 Å². The van der Waals surface area contributed by atoms with Gasteiger partial charge >= 0.3 is 0 Å². The molecule has 2 aromatic carbocycles. The van der Waals surface area contributed by atoms with Gasteiger partial charge in [0.2, 0.25) is 5.91 Å². The van der Waals surface area contributed by atoms with Gasteiger partial charge in [-0.25, -0.2) is 4.98 Å². The predicted molar refractivity (Wildman–Crippen MR) is 107 cm³/mol. The van der Waals surface area contributed by atoms with Crippen molar-refractivity contribution < 1.29 is 9.53 Å². The summed E-state index contributed by atoms with van der Waals surface area (Å²) in [5.41, 5.74) is 7.83. The number of hydrogen-bond acceptors (Lipinski definition) is 5. The zero-order valence-corrected chi connectivity index (χ0v) is 15.7. The summed E-state index contributed by atoms with van der Waals surface area (Å²) in [5, 5.41) is 4.79. The highest BCUT2D eigenvalue weighted by atomic mass is 35.5. The van der Waals surface area contributed by atoms with E-state index < -0.39 is 0 Å². The molecule has 5 nitrogen and oxygen atoms in total. The van der Waals surface area contributed by atoms with Crippen molar-refractivity contribution >= 4 is 45.9 Å². The highest BCUT2D eigenvalue weighted by Gasteiger charge is 2.08. The first-order chi connectivity index (χ1) is 12.6. The second-order valence-corrected chi connectivity index (χ2v) is 6.98. The minimum atomic E-state index is -0.345. The molecular formula is C19H18ClN3O2S. The summed E-state index contributed by atoms with van der Waals surface area (Å²) in [7, 11) is 1.62. The summed E-state index contributed by atoms with van der Waals surface area (Å²) < 4.78 is 5.22. The fraction of sp³-hybridized carbons (Fsp3) is 0.158. The number of aromatic nitrogens is 1. The zero-order valence-electron chi connectivity index (χ0n) is 14.2. The first-order valence-electron chi connectivity index (χ1n) is 7.94. The van der Waals surface area contributed by atoms with E-state index in [0.717, 1.165) is 32.8 Å². The highest BCUT2D eigenvalue weighted by molar-refractivity contribution is 8.00. The zero-order chi connectivity index (χ0) is 18.5. The van der Waals surface area contributed by atoms with Gasteiger partial charge in [-0.3, -0.25) is 4.79 Å². The number of nitrogens with one attached hydrogen (secondary N) is 1. The lowest BCUT2D eigenvalue weighted by Crippen LogP contribution is -2.13. The monoisotopic (exact) mass is 387 g/mol. The summed E-state index contributed by atoms with van der Waals surface area (Å²) >= 11 is 7.75. The van der Waals surface area contributed by atoms with Crippen molar-refractivity contribution in [3.8, 4) is 5.75 Å². The number of fused-ring (bicyclic) bond motifs is 1. The smallest absolute Gasteiger partial charge is 0.227 e. The van der Waals surface area contributed by atoms with Gasteiger partial charge in [-0.15, -0.1) is 11.8 Å². The standard InChI is InChI=1S/C19H18ClN3O2S/c1-25-14-7-6-12-8-13(19(20)23-16(12)9-14)10-22-15-4-2-3-5-17(15)26-11-18(21)24/h2-9,22H,10-11H2,1H3,(H2,21,24). The number of amides is 1. The van der Waals surface area contributed by atoms with Crippen LogP contribution in [0.5, 0.6) is 5.75 Å². The molecule has 3 N–H and O–H groups in total. The van der Waals surface area contributed by atoms with E-state index in [0.29, 0.717) is 11.7 Å². The van der Waals surface area contributed by atoms with E-state index in [4.69, 9.17) is 22.1 Å². The third-order valence-corrected chi connectivity index (χ3v) is 5.20. The number of halogens is 1. The Morgan fingerprint density at radius 3 is 2.85 bits per heavy atom. The number of thioether (sulfide) groups is 1. The van der Waals surface area contributed by atoms with Gasteiger partial charge in [0.05, 0.1) is 18.4 Å². The van der Waals surface area contributed by atoms with Crippen LogP contribution in [0.15, 0.2) is 53.4 Å². The molecular weight excluding hydrogens is 370 g/mol. The van der Waals surface area contributed by atoms with Crippen LogP contribution >= 0.6 is 23.4 Å². The average Bonchev–Trinajstić information content (AvgIpc) is 2.64. The van der Waals surface area contributed by atoms with Gasteiger partial charge in [0.25, 0.3) is 0 Å². The molecule has 0 aliphatic carbocycles. The van der Waals surface area contributed by atoms with E-state index in [1.54, 1.807) is 7.11 Å². The van der Waals surface area contributed by atoms with Crippen molar-refractivity contribution in [2.45, 2.75) is 11.4 Å². The van der Waals surface area contributed by atoms with Gasteiger partial charge in [-0.1, -0.05) is 23.7 Å². The van der Waals surface area contributed by atoms with Gasteiger partial charge in [-0.05, 0) is 30.3 Å². The number of anilines is 1. The van der Waals surface area contributed by atoms with E-state index in [2.05, 4.69) is 10.3 Å². The molecule has 0 radical (unpaired) electrons. The van der Waals surface area contributed by atoms with Crippen LogP contribution in [0.4, 0.5) is 5.69 Å². The van der Waals surface area contributed by atoms with Crippen molar-refractivity contribution in [2.24, 2.45) is 5.73 Å². The molecule has 0 fully saturated rings. The molecule has 0 aliphatic rings. The van der Waals surface area contributed by atoms with Crippen LogP contribution in [0.25, 0.3) is 10.9 Å². The van der Waals surface area contributed by atoms with Crippen LogP contribution in [0.2, 0.25) is 5.15 Å². The number of para-hydroxylation sites is 1. The molecule has 3 aromatic rings. The topological polar surface area (TPSA) is 77.2 Å². The summed E-state index contributed by atoms with van der Waals surface area (Å²) in [6.45, 7) is 0.516. The van der Waals surface area contributed by atoms with Crippen molar-refractivity contribution in [1.82, 2.24) is 4.98 Å². The van der Waals surface area contributed by atoms with Gasteiger partial charge < -0.3 is 15.8 Å². The van der Waals surface area contributed by atoms with Crippen LogP contribution in [0.1, 0.15) is 5.56 Å². The van der Waals surface area contributed by atoms with Gasteiger partial charge in [0.1, 0.15) is 10.9 Å². The summed E-state index contributed by atoms with van der Waals surface area (Å²) in [5.74, 6) is 0.632. The van der Waals surface area contributed by atoms with Crippen LogP contribution in [0.3, 0.4) is 0 Å². The van der Waals surface area contributed by atoms with E-state index >= 15 is 0 Å². The Bertz CT molecular complexity index is 949. The second kappa shape index (κ2) is 8.29. The maximum Gasteiger partial charge on any atom is 0.227 e. The van der Waals surface area contributed by atoms with E-state index in [1.165, 1.54) is 11.8 Å². The number of rotatable bonds is 7. The number of benzene rings is 2. The fourth-order valence-corrected chi connectivity index (χ4v) is 3.48. The molecule has 134 valence electrons. The number of carbonyl (C=O) groups is 1. The SMILES string of the molecule is COc1ccc2cc(CNc3ccccc3SCC(N)=O)c(Cl)nc2c1. The number of pyridine rings is 1. The number of methoxy groups -OCH3 is 1. The lowest BCUT2D eigenvalue weighted by atomic mass is 10.1. The maximum atomic E-state index is 11.0. The molecule has 0 spiro atoms. The molecule has 1 heterocycles. The molecule has 1 amide bonds. The Morgan fingerprint density at radius 1 is 1.27 bits per heavy atom. The highest BCUT2D eigenvalue weighted by Crippen LogP contribution is 2.29. The van der Waals surface area contributed by atoms with Crippen LogP contribution in [-0.2, 0) is 11.3 Å². The molecule has 0 saturated carbocycles. The molecule has 26 heavy (non-hydrogen) atoms. The molecule has 0 unspecified atom stereocenters. The van der Waals surface area contributed by atoms with Crippen molar-refractivity contribution in [3.63, 3.8) is 0 Å². The first kappa shape index (κ1) is 18.4.